The minimum Gasteiger partial charge on any atom is -0.367 e. The summed E-state index contributed by atoms with van der Waals surface area (Å²) < 4.78 is 1.81. The van der Waals surface area contributed by atoms with E-state index in [1.165, 1.54) is 5.56 Å². The van der Waals surface area contributed by atoms with Gasteiger partial charge in [-0.25, -0.2) is 9.50 Å². The van der Waals surface area contributed by atoms with Crippen molar-refractivity contribution in [3.63, 3.8) is 0 Å². The van der Waals surface area contributed by atoms with Gasteiger partial charge in [-0.15, -0.1) is 5.10 Å². The molecule has 0 saturated carbocycles. The molecule has 0 fully saturated rings. The Morgan fingerprint density at radius 3 is 2.61 bits per heavy atom. The first-order valence-electron chi connectivity index (χ1n) is 10.3. The van der Waals surface area contributed by atoms with Crippen LogP contribution >= 0.6 is 0 Å². The third kappa shape index (κ3) is 4.24. The van der Waals surface area contributed by atoms with Crippen LogP contribution in [0.25, 0.3) is 16.9 Å². The van der Waals surface area contributed by atoms with E-state index >= 15 is 0 Å². The summed E-state index contributed by atoms with van der Waals surface area (Å²) in [5, 5.41) is 11.2. The maximum atomic E-state index is 12.7. The van der Waals surface area contributed by atoms with E-state index < -0.39 is 0 Å². The molecule has 2 N–H and O–H groups in total. The van der Waals surface area contributed by atoms with E-state index in [1.54, 1.807) is 18.6 Å². The van der Waals surface area contributed by atoms with Crippen molar-refractivity contribution in [3.05, 3.63) is 78.2 Å². The molecule has 0 radical (unpaired) electrons. The fourth-order valence-corrected chi connectivity index (χ4v) is 3.77. The maximum absolute atomic E-state index is 12.7. The van der Waals surface area contributed by atoms with E-state index in [4.69, 9.17) is 5.10 Å². The molecule has 5 rings (SSSR count). The smallest absolute Gasteiger partial charge is 0.251 e. The molecule has 0 unspecified atom stereocenters. The molecule has 156 valence electrons. The molecule has 1 aromatic carbocycles. The molecule has 0 saturated heterocycles. The van der Waals surface area contributed by atoms with E-state index in [0.717, 1.165) is 48.9 Å². The fourth-order valence-electron chi connectivity index (χ4n) is 3.77. The Morgan fingerprint density at radius 1 is 0.935 bits per heavy atom. The number of benzene rings is 1. The molecular weight excluding hydrogens is 390 g/mol. The summed E-state index contributed by atoms with van der Waals surface area (Å²) in [6.45, 7) is 3.63. The number of anilines is 1. The van der Waals surface area contributed by atoms with Crippen molar-refractivity contribution in [1.82, 2.24) is 29.8 Å². The number of carbonyl (C=O) groups excluding carboxylic acids is 1. The van der Waals surface area contributed by atoms with Crippen LogP contribution in [-0.2, 0) is 6.54 Å². The lowest BCUT2D eigenvalue weighted by molar-refractivity contribution is 0.0948. The van der Waals surface area contributed by atoms with Crippen LogP contribution in [0.2, 0.25) is 0 Å². The van der Waals surface area contributed by atoms with Gasteiger partial charge >= 0.3 is 0 Å². The first kappa shape index (κ1) is 19.2. The monoisotopic (exact) mass is 413 g/mol. The maximum Gasteiger partial charge on any atom is 0.251 e. The highest BCUT2D eigenvalue weighted by Crippen LogP contribution is 2.22. The molecule has 8 heteroatoms. The Bertz CT molecular complexity index is 1210. The van der Waals surface area contributed by atoms with Crippen molar-refractivity contribution in [2.45, 2.75) is 6.54 Å². The number of pyridine rings is 1. The van der Waals surface area contributed by atoms with Crippen molar-refractivity contribution in [2.24, 2.45) is 0 Å². The van der Waals surface area contributed by atoms with Gasteiger partial charge in [0, 0.05) is 56.2 Å². The molecule has 1 aliphatic rings. The van der Waals surface area contributed by atoms with E-state index in [9.17, 15) is 4.79 Å². The average molecular weight is 413 g/mol. The molecule has 1 aliphatic heterocycles. The van der Waals surface area contributed by atoms with E-state index in [-0.39, 0.29) is 5.91 Å². The SMILES string of the molecule is O=C1NCCN(Cc2ccncc2)CCNc2ccc3ncc(n3n2)-c2cccc1c2. The number of nitrogens with zero attached hydrogens (tertiary/aromatic N) is 5. The van der Waals surface area contributed by atoms with Gasteiger partial charge in [0.15, 0.2) is 5.65 Å². The summed E-state index contributed by atoms with van der Waals surface area (Å²) >= 11 is 0. The topological polar surface area (TPSA) is 87.5 Å². The van der Waals surface area contributed by atoms with E-state index in [1.807, 2.05) is 53.0 Å². The normalized spacial score (nSPS) is 15.2. The summed E-state index contributed by atoms with van der Waals surface area (Å²) in [4.78, 5) is 23.6. The second-order valence-electron chi connectivity index (χ2n) is 7.53. The fraction of sp³-hybridized carbons (Fsp3) is 0.217. The molecule has 0 spiro atoms. The first-order valence-corrected chi connectivity index (χ1v) is 10.3. The van der Waals surface area contributed by atoms with Crippen LogP contribution in [0.3, 0.4) is 0 Å². The lowest BCUT2D eigenvalue weighted by Crippen LogP contribution is -2.37. The van der Waals surface area contributed by atoms with Crippen LogP contribution in [-0.4, -0.2) is 56.6 Å². The second kappa shape index (κ2) is 8.53. The van der Waals surface area contributed by atoms with Crippen molar-refractivity contribution in [2.75, 3.05) is 31.5 Å². The second-order valence-corrected chi connectivity index (χ2v) is 7.53. The Hall–Kier alpha value is -3.78. The number of aromatic nitrogens is 4. The van der Waals surface area contributed by atoms with Gasteiger partial charge in [0.05, 0.1) is 11.9 Å². The van der Waals surface area contributed by atoms with Gasteiger partial charge in [-0.2, -0.15) is 0 Å². The molecule has 1 amide bonds. The number of hydrogen-bond donors (Lipinski definition) is 2. The van der Waals surface area contributed by atoms with Gasteiger partial charge in [-0.1, -0.05) is 12.1 Å². The molecule has 4 bridgehead atoms. The molecule has 0 atom stereocenters. The van der Waals surface area contributed by atoms with Gasteiger partial charge in [0.1, 0.15) is 5.82 Å². The quantitative estimate of drug-likeness (QED) is 0.525. The van der Waals surface area contributed by atoms with Crippen molar-refractivity contribution in [1.29, 1.82) is 0 Å². The molecule has 4 aromatic rings. The van der Waals surface area contributed by atoms with Crippen LogP contribution in [0.4, 0.5) is 5.82 Å². The zero-order valence-corrected chi connectivity index (χ0v) is 17.0. The number of carbonyl (C=O) groups is 1. The van der Waals surface area contributed by atoms with Gasteiger partial charge in [0.2, 0.25) is 0 Å². The van der Waals surface area contributed by atoms with Gasteiger partial charge in [-0.05, 0) is 42.0 Å². The van der Waals surface area contributed by atoms with Crippen molar-refractivity contribution in [3.8, 4) is 11.3 Å². The minimum atomic E-state index is -0.0822. The molecule has 0 aliphatic carbocycles. The Labute approximate surface area is 179 Å². The minimum absolute atomic E-state index is 0.0822. The number of nitrogens with one attached hydrogen (secondary N) is 2. The lowest BCUT2D eigenvalue weighted by Gasteiger charge is -2.23. The zero-order chi connectivity index (χ0) is 21.0. The van der Waals surface area contributed by atoms with Crippen molar-refractivity contribution >= 4 is 17.4 Å². The summed E-state index contributed by atoms with van der Waals surface area (Å²) in [5.41, 5.74) is 4.33. The zero-order valence-electron chi connectivity index (χ0n) is 17.0. The van der Waals surface area contributed by atoms with Crippen LogP contribution < -0.4 is 10.6 Å². The largest absolute Gasteiger partial charge is 0.367 e. The molecule has 8 nitrogen and oxygen atoms in total. The third-order valence-corrected chi connectivity index (χ3v) is 5.39. The number of fused-ring (bicyclic) bond motifs is 4. The van der Waals surface area contributed by atoms with Crippen LogP contribution in [0, 0.1) is 0 Å². The molecule has 31 heavy (non-hydrogen) atoms. The first-order chi connectivity index (χ1) is 15.3. The van der Waals surface area contributed by atoms with Crippen LogP contribution in [0.15, 0.2) is 67.1 Å². The molecule has 4 heterocycles. The average Bonchev–Trinajstić information content (AvgIpc) is 3.22. The van der Waals surface area contributed by atoms with Gasteiger partial charge in [0.25, 0.3) is 5.91 Å². The van der Waals surface area contributed by atoms with Crippen LogP contribution in [0.1, 0.15) is 15.9 Å². The summed E-state index contributed by atoms with van der Waals surface area (Å²) in [7, 11) is 0. The number of amides is 1. The van der Waals surface area contributed by atoms with Crippen molar-refractivity contribution < 1.29 is 4.79 Å². The predicted molar refractivity (Wildman–Crippen MR) is 119 cm³/mol. The Balaban J connectivity index is 1.46. The number of imidazole rings is 1. The van der Waals surface area contributed by atoms with Gasteiger partial charge < -0.3 is 10.6 Å². The predicted octanol–water partition coefficient (Wildman–Crippen LogP) is 2.45. The number of hydrogen-bond acceptors (Lipinski definition) is 6. The number of rotatable bonds is 2. The highest BCUT2D eigenvalue weighted by Gasteiger charge is 2.13. The summed E-state index contributed by atoms with van der Waals surface area (Å²) in [6, 6.07) is 15.5. The highest BCUT2D eigenvalue weighted by molar-refractivity contribution is 5.95. The Morgan fingerprint density at radius 2 is 1.74 bits per heavy atom. The van der Waals surface area contributed by atoms with Gasteiger partial charge in [-0.3, -0.25) is 14.7 Å². The Kier molecular flexibility index (Phi) is 5.28. The molecular formula is C23H23N7O. The molecule has 3 aromatic heterocycles. The van der Waals surface area contributed by atoms with Crippen LogP contribution in [0.5, 0.6) is 0 Å². The summed E-state index contributed by atoms with van der Waals surface area (Å²) in [5.74, 6) is 0.706. The van der Waals surface area contributed by atoms with E-state index in [0.29, 0.717) is 12.1 Å². The standard InChI is InChI=1S/C23H23N7O/c31-23-19-3-1-2-18(14-19)20-15-27-22-5-4-21(28-30(20)22)25-10-12-29(13-11-26-23)16-17-6-8-24-9-7-17/h1-9,14-15H,10-13,16H2,(H,25,28)(H,26,31). The van der Waals surface area contributed by atoms with E-state index in [2.05, 4.69) is 25.5 Å². The third-order valence-electron chi connectivity index (χ3n) is 5.39. The highest BCUT2D eigenvalue weighted by atomic mass is 16.1. The lowest BCUT2D eigenvalue weighted by atomic mass is 10.1. The summed E-state index contributed by atoms with van der Waals surface area (Å²) in [6.07, 6.45) is 5.40.